The van der Waals surface area contributed by atoms with Gasteiger partial charge >= 0.3 is 7.60 Å². The van der Waals surface area contributed by atoms with E-state index in [4.69, 9.17) is 35.9 Å². The predicted octanol–water partition coefficient (Wildman–Crippen LogP) is 2.07. The summed E-state index contributed by atoms with van der Waals surface area (Å²) in [4.78, 5) is 12.2. The number of anilines is 1. The number of fused-ring (bicyclic) bond motifs is 1. The Morgan fingerprint density at radius 2 is 2.12 bits per heavy atom. The van der Waals surface area contributed by atoms with E-state index < -0.39 is 13.9 Å². The standard InChI is InChI=1S/C14H21ClN5O5P/c1-3-23-26(21,24-4-2)7-10-22-6-9(25-10)5-20-8-17-11-12(15)18-14(16)19-13(11)20/h8-10H,3-7H2,1-2H3,(H2,16,18,19)/t9-,10+/m0/s1. The second-order valence-electron chi connectivity index (χ2n) is 5.59. The molecule has 26 heavy (non-hydrogen) atoms. The Morgan fingerprint density at radius 3 is 2.81 bits per heavy atom. The third-order valence-corrected chi connectivity index (χ3v) is 5.99. The van der Waals surface area contributed by atoms with Crippen LogP contribution in [0.2, 0.25) is 5.15 Å². The van der Waals surface area contributed by atoms with Crippen molar-refractivity contribution in [2.75, 3.05) is 31.7 Å². The van der Waals surface area contributed by atoms with Crippen molar-refractivity contribution in [1.29, 1.82) is 0 Å². The van der Waals surface area contributed by atoms with Gasteiger partial charge < -0.3 is 28.8 Å². The highest BCUT2D eigenvalue weighted by molar-refractivity contribution is 7.53. The van der Waals surface area contributed by atoms with Crippen molar-refractivity contribution in [2.45, 2.75) is 32.8 Å². The Labute approximate surface area is 155 Å². The molecule has 0 bridgehead atoms. The number of ether oxygens (including phenoxy) is 2. The van der Waals surface area contributed by atoms with Gasteiger partial charge in [-0.1, -0.05) is 11.6 Å². The second-order valence-corrected chi connectivity index (χ2v) is 8.05. The summed E-state index contributed by atoms with van der Waals surface area (Å²) in [6, 6.07) is 0. The third kappa shape index (κ3) is 4.33. The molecule has 0 unspecified atom stereocenters. The smallest absolute Gasteiger partial charge is 0.335 e. The first-order valence-electron chi connectivity index (χ1n) is 8.23. The molecule has 12 heteroatoms. The van der Waals surface area contributed by atoms with Crippen molar-refractivity contribution < 1.29 is 23.1 Å². The van der Waals surface area contributed by atoms with Gasteiger partial charge in [0.1, 0.15) is 17.8 Å². The van der Waals surface area contributed by atoms with E-state index >= 15 is 0 Å². The average Bonchev–Trinajstić information content (AvgIpc) is 3.15. The molecule has 0 spiro atoms. The molecule has 2 atom stereocenters. The SMILES string of the molecule is CCOP(=O)(C[C@@H]1OC[C@H](Cn2cnc3c(Cl)nc(N)nc32)O1)OCC. The van der Waals surface area contributed by atoms with Crippen LogP contribution in [-0.2, 0) is 29.6 Å². The molecule has 1 aliphatic rings. The second kappa shape index (κ2) is 8.16. The normalized spacial score (nSPS) is 20.9. The van der Waals surface area contributed by atoms with Crippen molar-refractivity contribution in [3.05, 3.63) is 11.5 Å². The van der Waals surface area contributed by atoms with Crippen molar-refractivity contribution in [1.82, 2.24) is 19.5 Å². The first-order valence-corrected chi connectivity index (χ1v) is 10.3. The summed E-state index contributed by atoms with van der Waals surface area (Å²) < 4.78 is 36.3. The third-order valence-electron chi connectivity index (χ3n) is 3.68. The van der Waals surface area contributed by atoms with Crippen molar-refractivity contribution >= 4 is 36.3 Å². The summed E-state index contributed by atoms with van der Waals surface area (Å²) in [6.07, 6.45) is 0.690. The minimum absolute atomic E-state index is 0.0385. The van der Waals surface area contributed by atoms with Crippen LogP contribution in [-0.4, -0.2) is 57.9 Å². The highest BCUT2D eigenvalue weighted by Gasteiger charge is 2.35. The first-order chi connectivity index (χ1) is 12.4. The monoisotopic (exact) mass is 405 g/mol. The molecule has 3 heterocycles. The Balaban J connectivity index is 1.66. The zero-order valence-corrected chi connectivity index (χ0v) is 16.2. The molecule has 0 radical (unpaired) electrons. The van der Waals surface area contributed by atoms with Gasteiger partial charge in [-0.3, -0.25) is 4.57 Å². The summed E-state index contributed by atoms with van der Waals surface area (Å²) in [5.74, 6) is 0.0695. The minimum Gasteiger partial charge on any atom is -0.368 e. The van der Waals surface area contributed by atoms with Crippen LogP contribution >= 0.6 is 19.2 Å². The van der Waals surface area contributed by atoms with Gasteiger partial charge in [-0.25, -0.2) is 4.98 Å². The van der Waals surface area contributed by atoms with E-state index in [0.717, 1.165) is 0 Å². The molecule has 1 saturated heterocycles. The van der Waals surface area contributed by atoms with E-state index in [9.17, 15) is 4.57 Å². The molecule has 0 aromatic carbocycles. The number of halogens is 1. The molecular weight excluding hydrogens is 385 g/mol. The Kier molecular flexibility index (Phi) is 6.11. The number of nitrogens with two attached hydrogens (primary N) is 1. The summed E-state index contributed by atoms with van der Waals surface area (Å²) >= 11 is 6.03. The maximum Gasteiger partial charge on any atom is 0.335 e. The highest BCUT2D eigenvalue weighted by atomic mass is 35.5. The van der Waals surface area contributed by atoms with Gasteiger partial charge in [0.05, 0.1) is 32.7 Å². The van der Waals surface area contributed by atoms with E-state index in [1.54, 1.807) is 24.7 Å². The number of aromatic nitrogens is 4. The Hall–Kier alpha value is -1.29. The van der Waals surface area contributed by atoms with Gasteiger partial charge in [0.2, 0.25) is 5.95 Å². The lowest BCUT2D eigenvalue weighted by Crippen LogP contribution is -2.21. The van der Waals surface area contributed by atoms with Crippen LogP contribution in [0.25, 0.3) is 11.2 Å². The molecule has 10 nitrogen and oxygen atoms in total. The largest absolute Gasteiger partial charge is 0.368 e. The quantitative estimate of drug-likeness (QED) is 0.519. The first kappa shape index (κ1) is 19.5. The van der Waals surface area contributed by atoms with E-state index in [-0.39, 0.29) is 36.6 Å². The van der Waals surface area contributed by atoms with Gasteiger partial charge in [-0.15, -0.1) is 0 Å². The molecule has 1 aliphatic heterocycles. The zero-order chi connectivity index (χ0) is 18.7. The number of nitrogen functional groups attached to an aromatic ring is 1. The molecule has 0 amide bonds. The maximum atomic E-state index is 12.6. The van der Waals surface area contributed by atoms with Crippen LogP contribution in [0.1, 0.15) is 13.8 Å². The number of nitrogens with zero attached hydrogens (tertiary/aromatic N) is 4. The fourth-order valence-corrected chi connectivity index (χ4v) is 4.55. The summed E-state index contributed by atoms with van der Waals surface area (Å²) in [5, 5.41) is 0.196. The Bertz CT molecular complexity index is 808. The van der Waals surface area contributed by atoms with Crippen LogP contribution < -0.4 is 5.73 Å². The topological polar surface area (TPSA) is 124 Å². The highest BCUT2D eigenvalue weighted by Crippen LogP contribution is 2.49. The molecule has 2 aromatic heterocycles. The van der Waals surface area contributed by atoms with Crippen LogP contribution in [0.4, 0.5) is 5.95 Å². The molecule has 0 aliphatic carbocycles. The number of hydrogen-bond acceptors (Lipinski definition) is 9. The molecular formula is C14H21ClN5O5P. The number of hydrogen-bond donors (Lipinski definition) is 1. The molecule has 1 fully saturated rings. The van der Waals surface area contributed by atoms with Gasteiger partial charge in [0.15, 0.2) is 17.1 Å². The molecule has 2 aromatic rings. The fourth-order valence-electron chi connectivity index (χ4n) is 2.70. The maximum absolute atomic E-state index is 12.6. The summed E-state index contributed by atoms with van der Waals surface area (Å²) in [6.45, 7) is 4.85. The molecule has 144 valence electrons. The van der Waals surface area contributed by atoms with E-state index in [1.165, 1.54) is 0 Å². The predicted molar refractivity (Wildman–Crippen MR) is 95.1 cm³/mol. The average molecular weight is 406 g/mol. The minimum atomic E-state index is -3.24. The number of imidazole rings is 1. The van der Waals surface area contributed by atoms with Crippen LogP contribution in [0.3, 0.4) is 0 Å². The molecule has 0 saturated carbocycles. The van der Waals surface area contributed by atoms with E-state index in [0.29, 0.717) is 24.3 Å². The van der Waals surface area contributed by atoms with Crippen molar-refractivity contribution in [2.24, 2.45) is 0 Å². The zero-order valence-electron chi connectivity index (χ0n) is 14.5. The lowest BCUT2D eigenvalue weighted by molar-refractivity contribution is -0.0454. The van der Waals surface area contributed by atoms with Gasteiger partial charge in [-0.05, 0) is 13.8 Å². The Morgan fingerprint density at radius 1 is 1.38 bits per heavy atom. The van der Waals surface area contributed by atoms with Gasteiger partial charge in [0.25, 0.3) is 0 Å². The van der Waals surface area contributed by atoms with Gasteiger partial charge in [0, 0.05) is 0 Å². The fraction of sp³-hybridized carbons (Fsp3) is 0.643. The van der Waals surface area contributed by atoms with Crippen LogP contribution in [0, 0.1) is 0 Å². The van der Waals surface area contributed by atoms with E-state index in [2.05, 4.69) is 15.0 Å². The molecule has 3 rings (SSSR count). The van der Waals surface area contributed by atoms with Crippen molar-refractivity contribution in [3.63, 3.8) is 0 Å². The summed E-state index contributed by atoms with van der Waals surface area (Å²) in [7, 11) is -3.24. The summed E-state index contributed by atoms with van der Waals surface area (Å²) in [5.41, 5.74) is 6.63. The number of rotatable bonds is 8. The van der Waals surface area contributed by atoms with Crippen molar-refractivity contribution in [3.8, 4) is 0 Å². The van der Waals surface area contributed by atoms with Crippen LogP contribution in [0.5, 0.6) is 0 Å². The van der Waals surface area contributed by atoms with Crippen LogP contribution in [0.15, 0.2) is 6.33 Å². The van der Waals surface area contributed by atoms with E-state index in [1.807, 2.05) is 0 Å². The van der Waals surface area contributed by atoms with Gasteiger partial charge in [-0.2, -0.15) is 9.97 Å². The lowest BCUT2D eigenvalue weighted by Gasteiger charge is -2.20. The molecule has 2 N–H and O–H groups in total. The lowest BCUT2D eigenvalue weighted by atomic mass is 10.4.